The summed E-state index contributed by atoms with van der Waals surface area (Å²) in [5.74, 6) is 2.23. The van der Waals surface area contributed by atoms with Crippen LogP contribution in [0.3, 0.4) is 0 Å². The van der Waals surface area contributed by atoms with Crippen molar-refractivity contribution in [3.8, 4) is 0 Å². The molecule has 88 valence electrons. The van der Waals surface area contributed by atoms with Crippen LogP contribution in [0.2, 0.25) is 0 Å². The largest absolute Gasteiger partial charge is 0.354 e. The number of thioether (sulfide) groups is 1. The average Bonchev–Trinajstić information content (AvgIpc) is 2.28. The number of nitrogens with two attached hydrogens (primary N) is 1. The van der Waals surface area contributed by atoms with Crippen molar-refractivity contribution >= 4 is 17.6 Å². The molecule has 2 heterocycles. The van der Waals surface area contributed by atoms with E-state index in [1.807, 2.05) is 23.9 Å². The van der Waals surface area contributed by atoms with Crippen molar-refractivity contribution in [3.63, 3.8) is 0 Å². The Bertz CT molecular complexity index is 365. The summed E-state index contributed by atoms with van der Waals surface area (Å²) in [6.45, 7) is 7.22. The normalized spacial score (nSPS) is 19.8. The molecule has 0 amide bonds. The van der Waals surface area contributed by atoms with Crippen molar-refractivity contribution in [1.82, 2.24) is 4.98 Å². The topological polar surface area (TPSA) is 42.1 Å². The van der Waals surface area contributed by atoms with Crippen LogP contribution in [0.15, 0.2) is 18.2 Å². The van der Waals surface area contributed by atoms with Gasteiger partial charge in [-0.15, -0.1) is 0 Å². The summed E-state index contributed by atoms with van der Waals surface area (Å²) >= 11 is 2.03. The number of aromatic nitrogens is 1. The molecule has 2 N–H and O–H groups in total. The number of nitrogens with zero attached hydrogens (tertiary/aromatic N) is 2. The number of hydrogen-bond acceptors (Lipinski definition) is 4. The van der Waals surface area contributed by atoms with Gasteiger partial charge in [-0.1, -0.05) is 6.07 Å². The van der Waals surface area contributed by atoms with Crippen LogP contribution in [-0.2, 0) is 6.54 Å². The molecule has 0 aromatic carbocycles. The van der Waals surface area contributed by atoms with Crippen molar-refractivity contribution < 1.29 is 0 Å². The van der Waals surface area contributed by atoms with Gasteiger partial charge < -0.3 is 10.6 Å². The van der Waals surface area contributed by atoms with Gasteiger partial charge in [0, 0.05) is 30.1 Å². The van der Waals surface area contributed by atoms with Gasteiger partial charge in [0.1, 0.15) is 5.82 Å². The lowest BCUT2D eigenvalue weighted by molar-refractivity contribution is 0.641. The van der Waals surface area contributed by atoms with Crippen molar-refractivity contribution in [3.05, 3.63) is 23.9 Å². The summed E-state index contributed by atoms with van der Waals surface area (Å²) in [6, 6.07) is 6.10. The van der Waals surface area contributed by atoms with E-state index >= 15 is 0 Å². The molecule has 1 saturated heterocycles. The Labute approximate surface area is 101 Å². The zero-order valence-corrected chi connectivity index (χ0v) is 10.8. The third-order valence-electron chi connectivity index (χ3n) is 2.75. The highest BCUT2D eigenvalue weighted by Gasteiger charge is 2.27. The minimum atomic E-state index is 0.318. The van der Waals surface area contributed by atoms with Gasteiger partial charge >= 0.3 is 0 Å². The molecular formula is C12H19N3S. The SMILES string of the molecule is CC1(C)CN(c2cccc(CN)n2)CCS1. The molecule has 1 aromatic rings. The van der Waals surface area contributed by atoms with Gasteiger partial charge in [-0.05, 0) is 26.0 Å². The molecule has 2 rings (SSSR count). The lowest BCUT2D eigenvalue weighted by atomic mass is 10.2. The maximum Gasteiger partial charge on any atom is 0.128 e. The molecule has 1 aliphatic rings. The summed E-state index contributed by atoms with van der Waals surface area (Å²) in [4.78, 5) is 6.93. The van der Waals surface area contributed by atoms with E-state index in [1.165, 1.54) is 5.75 Å². The molecule has 1 aromatic heterocycles. The van der Waals surface area contributed by atoms with Crippen LogP contribution >= 0.6 is 11.8 Å². The molecule has 1 aliphatic heterocycles. The second kappa shape index (κ2) is 4.63. The fraction of sp³-hybridized carbons (Fsp3) is 0.583. The van der Waals surface area contributed by atoms with Crippen molar-refractivity contribution in [2.24, 2.45) is 5.73 Å². The number of hydrogen-bond donors (Lipinski definition) is 1. The van der Waals surface area contributed by atoms with Gasteiger partial charge in [0.05, 0.1) is 5.69 Å². The van der Waals surface area contributed by atoms with Gasteiger partial charge in [0.25, 0.3) is 0 Å². The summed E-state index contributed by atoms with van der Waals surface area (Å²) in [7, 11) is 0. The predicted octanol–water partition coefficient (Wildman–Crippen LogP) is 1.87. The number of rotatable bonds is 2. The first-order valence-corrected chi connectivity index (χ1v) is 6.64. The summed E-state index contributed by atoms with van der Waals surface area (Å²) < 4.78 is 0.318. The summed E-state index contributed by atoms with van der Waals surface area (Å²) in [5, 5.41) is 0. The molecule has 0 aliphatic carbocycles. The second-order valence-electron chi connectivity index (χ2n) is 4.72. The number of pyridine rings is 1. The summed E-state index contributed by atoms with van der Waals surface area (Å²) in [6.07, 6.45) is 0. The van der Waals surface area contributed by atoms with E-state index in [-0.39, 0.29) is 0 Å². The fourth-order valence-electron chi connectivity index (χ4n) is 1.97. The molecule has 3 nitrogen and oxygen atoms in total. The van der Waals surface area contributed by atoms with Crippen LogP contribution in [-0.4, -0.2) is 28.6 Å². The van der Waals surface area contributed by atoms with Gasteiger partial charge in [0.15, 0.2) is 0 Å². The van der Waals surface area contributed by atoms with Crippen LogP contribution in [0.5, 0.6) is 0 Å². The van der Waals surface area contributed by atoms with E-state index in [1.54, 1.807) is 0 Å². The molecule has 0 unspecified atom stereocenters. The van der Waals surface area contributed by atoms with Crippen molar-refractivity contribution in [2.45, 2.75) is 25.1 Å². The quantitative estimate of drug-likeness (QED) is 0.852. The Balaban J connectivity index is 2.16. The Morgan fingerprint density at radius 3 is 3.00 bits per heavy atom. The zero-order chi connectivity index (χ0) is 11.6. The molecule has 1 fully saturated rings. The highest BCUT2D eigenvalue weighted by molar-refractivity contribution is 8.00. The lowest BCUT2D eigenvalue weighted by Gasteiger charge is -2.38. The first kappa shape index (κ1) is 11.7. The molecule has 0 atom stereocenters. The smallest absolute Gasteiger partial charge is 0.128 e. The van der Waals surface area contributed by atoms with Crippen LogP contribution in [0.4, 0.5) is 5.82 Å². The Hall–Kier alpha value is -0.740. The third-order valence-corrected chi connectivity index (χ3v) is 4.05. The maximum atomic E-state index is 5.62. The summed E-state index contributed by atoms with van der Waals surface area (Å²) in [5.41, 5.74) is 6.58. The average molecular weight is 237 g/mol. The fourth-order valence-corrected chi connectivity index (χ4v) is 3.08. The predicted molar refractivity (Wildman–Crippen MR) is 70.9 cm³/mol. The van der Waals surface area contributed by atoms with Gasteiger partial charge in [-0.2, -0.15) is 11.8 Å². The molecule has 0 spiro atoms. The molecule has 0 saturated carbocycles. The van der Waals surface area contributed by atoms with Crippen LogP contribution in [0, 0.1) is 0 Å². The highest BCUT2D eigenvalue weighted by Crippen LogP contribution is 2.31. The van der Waals surface area contributed by atoms with Crippen molar-refractivity contribution in [1.29, 1.82) is 0 Å². The minimum absolute atomic E-state index is 0.318. The first-order valence-electron chi connectivity index (χ1n) is 5.66. The van der Waals surface area contributed by atoms with E-state index in [2.05, 4.69) is 29.8 Å². The monoisotopic (exact) mass is 237 g/mol. The minimum Gasteiger partial charge on any atom is -0.354 e. The van der Waals surface area contributed by atoms with Crippen LogP contribution in [0.1, 0.15) is 19.5 Å². The van der Waals surface area contributed by atoms with E-state index in [4.69, 9.17) is 5.73 Å². The van der Waals surface area contributed by atoms with Gasteiger partial charge in [-0.25, -0.2) is 4.98 Å². The zero-order valence-electron chi connectivity index (χ0n) is 9.94. The van der Waals surface area contributed by atoms with E-state index in [9.17, 15) is 0 Å². The molecule has 0 bridgehead atoms. The van der Waals surface area contributed by atoms with Gasteiger partial charge in [-0.3, -0.25) is 0 Å². The number of anilines is 1. The van der Waals surface area contributed by atoms with E-state index < -0.39 is 0 Å². The molecular weight excluding hydrogens is 218 g/mol. The first-order chi connectivity index (χ1) is 7.61. The standard InChI is InChI=1S/C12H19N3S/c1-12(2)9-15(6-7-16-12)11-5-3-4-10(8-13)14-11/h3-5H,6-9,13H2,1-2H3. The highest BCUT2D eigenvalue weighted by atomic mass is 32.2. The molecule has 16 heavy (non-hydrogen) atoms. The molecule has 0 radical (unpaired) electrons. The van der Waals surface area contributed by atoms with Crippen LogP contribution in [0.25, 0.3) is 0 Å². The van der Waals surface area contributed by atoms with Gasteiger partial charge in [0.2, 0.25) is 0 Å². The molecule has 4 heteroatoms. The Morgan fingerprint density at radius 2 is 2.31 bits per heavy atom. The van der Waals surface area contributed by atoms with E-state index in [0.717, 1.165) is 24.6 Å². The van der Waals surface area contributed by atoms with Crippen molar-refractivity contribution in [2.75, 3.05) is 23.7 Å². The Kier molecular flexibility index (Phi) is 3.40. The maximum absolute atomic E-state index is 5.62. The second-order valence-corrected chi connectivity index (χ2v) is 6.52. The van der Waals surface area contributed by atoms with Crippen LogP contribution < -0.4 is 10.6 Å². The third kappa shape index (κ3) is 2.68. The Morgan fingerprint density at radius 1 is 1.50 bits per heavy atom. The lowest BCUT2D eigenvalue weighted by Crippen LogP contribution is -2.43. The van der Waals surface area contributed by atoms with E-state index in [0.29, 0.717) is 11.3 Å².